The average Bonchev–Trinajstić information content (AvgIpc) is 3.21. The van der Waals surface area contributed by atoms with E-state index in [-0.39, 0.29) is 82.4 Å². The molecule has 13 nitrogen and oxygen atoms in total. The largest absolute Gasteiger partial charge is 0.466 e. The molecule has 0 aromatic rings. The Kier molecular flexibility index (Phi) is 38.6. The Morgan fingerprint density at radius 3 is 1.29 bits per heavy atom. The first-order chi connectivity index (χ1) is 28.5. The summed E-state index contributed by atoms with van der Waals surface area (Å²) in [6.45, 7) is 7.08. The summed E-state index contributed by atoms with van der Waals surface area (Å²) in [5.74, 6) is -1.62. The summed E-state index contributed by atoms with van der Waals surface area (Å²) in [7, 11) is 3.91. The summed E-state index contributed by atoms with van der Waals surface area (Å²) < 4.78 is 27.1. The van der Waals surface area contributed by atoms with Crippen LogP contribution in [0.3, 0.4) is 0 Å². The highest BCUT2D eigenvalue weighted by atomic mass is 32.2. The van der Waals surface area contributed by atoms with Crippen LogP contribution < -0.4 is 0 Å². The lowest BCUT2D eigenvalue weighted by Crippen LogP contribution is -2.34. The van der Waals surface area contributed by atoms with E-state index in [9.17, 15) is 28.8 Å². The van der Waals surface area contributed by atoms with Gasteiger partial charge in [0.25, 0.3) is 5.24 Å². The third-order valence-electron chi connectivity index (χ3n) is 9.58. The number of carbonyl (C=O) groups excluding carboxylic acids is 6. The van der Waals surface area contributed by atoms with Crippen molar-refractivity contribution in [3.63, 3.8) is 0 Å². The predicted molar refractivity (Wildman–Crippen MR) is 234 cm³/mol. The molecular formula is C45H82N2O11S. The highest BCUT2D eigenvalue weighted by Crippen LogP contribution is 2.14. The fourth-order valence-corrected chi connectivity index (χ4v) is 6.79. The highest BCUT2D eigenvalue weighted by Gasteiger charge is 2.22. The smallest absolute Gasteiger partial charge is 0.307 e. The molecule has 14 heteroatoms. The van der Waals surface area contributed by atoms with Crippen LogP contribution in [0.5, 0.6) is 0 Å². The van der Waals surface area contributed by atoms with Crippen molar-refractivity contribution in [2.24, 2.45) is 0 Å². The Hall–Kier alpha value is -2.87. The molecule has 0 aliphatic carbocycles. The zero-order chi connectivity index (χ0) is 43.8. The fraction of sp³-hybridized carbons (Fsp3) is 0.867. The van der Waals surface area contributed by atoms with Gasteiger partial charge in [0.1, 0.15) is 13.2 Å². The van der Waals surface area contributed by atoms with Crippen LogP contribution in [-0.2, 0) is 47.7 Å². The molecule has 0 rings (SSSR count). The van der Waals surface area contributed by atoms with Crippen molar-refractivity contribution < 1.29 is 52.5 Å². The van der Waals surface area contributed by atoms with E-state index in [4.69, 9.17) is 23.7 Å². The molecule has 0 radical (unpaired) electrons. The summed E-state index contributed by atoms with van der Waals surface area (Å²) in [5, 5.41) is -0.264. The molecule has 0 fully saturated rings. The summed E-state index contributed by atoms with van der Waals surface area (Å²) >= 11 is 1.12. The van der Waals surface area contributed by atoms with E-state index in [1.54, 1.807) is 0 Å². The number of esters is 5. The van der Waals surface area contributed by atoms with Crippen LogP contribution in [-0.4, -0.2) is 117 Å². The van der Waals surface area contributed by atoms with Gasteiger partial charge in [0.2, 0.25) is 0 Å². The highest BCUT2D eigenvalue weighted by molar-refractivity contribution is 8.13. The summed E-state index contributed by atoms with van der Waals surface area (Å²) in [5.41, 5.74) is 0. The Labute approximate surface area is 361 Å². The Morgan fingerprint density at radius 1 is 0.441 bits per heavy atom. The topological polar surface area (TPSA) is 155 Å². The summed E-state index contributed by atoms with van der Waals surface area (Å²) in [4.78, 5) is 79.2. The second-order valence-corrected chi connectivity index (χ2v) is 16.6. The minimum atomic E-state index is -0.955. The first-order valence-electron chi connectivity index (χ1n) is 22.9. The van der Waals surface area contributed by atoms with Gasteiger partial charge < -0.3 is 33.5 Å². The minimum absolute atomic E-state index is 0.00983. The number of unbranched alkanes of at least 4 members (excludes halogenated alkanes) is 15. The van der Waals surface area contributed by atoms with Gasteiger partial charge in [-0.2, -0.15) is 0 Å². The number of rotatable bonds is 40. The van der Waals surface area contributed by atoms with Crippen molar-refractivity contribution in [2.45, 2.75) is 187 Å². The van der Waals surface area contributed by atoms with Crippen LogP contribution in [0, 0.1) is 0 Å². The molecule has 0 unspecified atom stereocenters. The molecule has 0 aromatic carbocycles. The summed E-state index contributed by atoms with van der Waals surface area (Å²) in [6, 6.07) is 0. The Bertz CT molecular complexity index is 1110. The number of hydrogen-bond donors (Lipinski definition) is 0. The number of ether oxygens (including phenoxy) is 5. The van der Waals surface area contributed by atoms with Crippen molar-refractivity contribution in [1.82, 2.24) is 9.80 Å². The van der Waals surface area contributed by atoms with E-state index < -0.39 is 24.0 Å². The maximum Gasteiger partial charge on any atom is 0.307 e. The predicted octanol–water partition coefficient (Wildman–Crippen LogP) is 9.60. The third kappa shape index (κ3) is 37.8. The zero-order valence-electron chi connectivity index (χ0n) is 37.7. The molecule has 0 saturated carbocycles. The number of carbonyl (C=O) groups is 6. The number of hydrogen-bond acceptors (Lipinski definition) is 13. The summed E-state index contributed by atoms with van der Waals surface area (Å²) in [6.07, 6.45) is 19.7. The van der Waals surface area contributed by atoms with Crippen molar-refractivity contribution in [2.75, 3.05) is 65.9 Å². The standard InChI is InChI=1S/C45H82N2O11S/c1-6-9-12-15-18-21-26-40(48)54-34-25-35-55-42(50)29-32-47(45(53)59-36-24-31-46(4)5)33-30-43(51)57-38-39(58-44(52)28-23-20-17-14-11-8-3)37-56-41(49)27-22-19-16-13-10-7-2/h39H,6-38H2,1-5H3/t39-/m1/s1. The van der Waals surface area contributed by atoms with Gasteiger partial charge in [-0.3, -0.25) is 28.8 Å². The van der Waals surface area contributed by atoms with Crippen molar-refractivity contribution in [3.05, 3.63) is 0 Å². The van der Waals surface area contributed by atoms with E-state index in [1.807, 2.05) is 19.0 Å². The van der Waals surface area contributed by atoms with Crippen molar-refractivity contribution in [1.29, 1.82) is 0 Å². The molecule has 0 aliphatic rings. The first-order valence-corrected chi connectivity index (χ1v) is 23.9. The second-order valence-electron chi connectivity index (χ2n) is 15.6. The fourth-order valence-electron chi connectivity index (χ4n) is 5.98. The number of nitrogens with zero attached hydrogens (tertiary/aromatic N) is 2. The SMILES string of the molecule is CCCCCCCCC(=O)OCCCOC(=O)CCN(CCC(=O)OC[C@@H](COC(=O)CCCCCCCC)OC(=O)CCCCCCCC)C(=O)SCCCN(C)C. The minimum Gasteiger partial charge on any atom is -0.466 e. The molecule has 1 amide bonds. The molecule has 0 bridgehead atoms. The second kappa shape index (κ2) is 40.5. The molecule has 0 saturated heterocycles. The van der Waals surface area contributed by atoms with Gasteiger partial charge in [0.05, 0.1) is 26.1 Å². The van der Waals surface area contributed by atoms with Crippen LogP contribution in [0.2, 0.25) is 0 Å². The maximum atomic E-state index is 13.2. The van der Waals surface area contributed by atoms with E-state index in [0.717, 1.165) is 108 Å². The van der Waals surface area contributed by atoms with E-state index in [1.165, 1.54) is 30.6 Å². The van der Waals surface area contributed by atoms with Gasteiger partial charge in [-0.05, 0) is 46.3 Å². The Morgan fingerprint density at radius 2 is 0.831 bits per heavy atom. The molecule has 0 spiro atoms. The molecule has 1 atom stereocenters. The van der Waals surface area contributed by atoms with Crippen molar-refractivity contribution in [3.8, 4) is 0 Å². The molecule has 59 heavy (non-hydrogen) atoms. The third-order valence-corrected chi connectivity index (χ3v) is 10.6. The van der Waals surface area contributed by atoms with Crippen LogP contribution >= 0.6 is 11.8 Å². The molecule has 344 valence electrons. The number of thioether (sulfide) groups is 1. The monoisotopic (exact) mass is 859 g/mol. The van der Waals surface area contributed by atoms with Crippen LogP contribution in [0.1, 0.15) is 181 Å². The maximum absolute atomic E-state index is 13.2. The molecule has 0 heterocycles. The van der Waals surface area contributed by atoms with Gasteiger partial charge in [0, 0.05) is 44.5 Å². The van der Waals surface area contributed by atoms with Gasteiger partial charge in [-0.25, -0.2) is 0 Å². The van der Waals surface area contributed by atoms with Crippen LogP contribution in [0.15, 0.2) is 0 Å². The van der Waals surface area contributed by atoms with Gasteiger partial charge >= 0.3 is 29.8 Å². The lowest BCUT2D eigenvalue weighted by molar-refractivity contribution is -0.167. The lowest BCUT2D eigenvalue weighted by atomic mass is 10.1. The van der Waals surface area contributed by atoms with E-state index in [2.05, 4.69) is 20.8 Å². The molecular weight excluding hydrogens is 777 g/mol. The van der Waals surface area contributed by atoms with Crippen molar-refractivity contribution >= 4 is 46.8 Å². The van der Waals surface area contributed by atoms with Gasteiger partial charge in [-0.1, -0.05) is 129 Å². The average molecular weight is 859 g/mol. The quantitative estimate of drug-likeness (QED) is 0.0327. The zero-order valence-corrected chi connectivity index (χ0v) is 38.5. The van der Waals surface area contributed by atoms with Gasteiger partial charge in [-0.15, -0.1) is 0 Å². The van der Waals surface area contributed by atoms with E-state index in [0.29, 0.717) is 25.0 Å². The van der Waals surface area contributed by atoms with Gasteiger partial charge in [0.15, 0.2) is 6.10 Å². The Balaban J connectivity index is 5.03. The molecule has 0 aromatic heterocycles. The van der Waals surface area contributed by atoms with Crippen LogP contribution in [0.25, 0.3) is 0 Å². The van der Waals surface area contributed by atoms with Crippen LogP contribution in [0.4, 0.5) is 4.79 Å². The lowest BCUT2D eigenvalue weighted by Gasteiger charge is -2.22. The van der Waals surface area contributed by atoms with E-state index >= 15 is 0 Å². The first kappa shape index (κ1) is 56.1. The molecule has 0 aliphatic heterocycles. The molecule has 0 N–H and O–H groups in total. The normalized spacial score (nSPS) is 11.6. The number of amides is 1.